The van der Waals surface area contributed by atoms with Gasteiger partial charge in [-0.1, -0.05) is 32.0 Å². The minimum Gasteiger partial charge on any atom is -0.496 e. The fourth-order valence-corrected chi connectivity index (χ4v) is 2.91. The lowest BCUT2D eigenvalue weighted by atomic mass is 9.65. The Bertz CT molecular complexity index is 549. The number of nitrogens with zero attached hydrogens (tertiary/aromatic N) is 2. The van der Waals surface area contributed by atoms with Crippen LogP contribution >= 0.6 is 0 Å². The van der Waals surface area contributed by atoms with Crippen molar-refractivity contribution in [3.05, 3.63) is 29.8 Å². The lowest BCUT2D eigenvalue weighted by Gasteiger charge is -2.62. The van der Waals surface area contributed by atoms with Gasteiger partial charge in [-0.05, 0) is 31.9 Å². The maximum atomic E-state index is 5.40. The van der Waals surface area contributed by atoms with Crippen LogP contribution in [0.15, 0.2) is 29.3 Å². The molecule has 22 heavy (non-hydrogen) atoms. The molecule has 122 valence electrons. The molecule has 0 unspecified atom stereocenters. The summed E-state index contributed by atoms with van der Waals surface area (Å²) in [4.78, 5) is 6.80. The van der Waals surface area contributed by atoms with Gasteiger partial charge < -0.3 is 15.0 Å². The Hall–Kier alpha value is -1.71. The standard InChI is InChI=1S/C18H29N3O/c1-17(2)13-21(18(17,3)4)16(19-5)20-12-11-14-9-7-8-10-15(14)22-6/h7-10H,11-13H2,1-6H3,(H,19,20). The van der Waals surface area contributed by atoms with Crippen LogP contribution in [0.3, 0.4) is 0 Å². The van der Waals surface area contributed by atoms with Gasteiger partial charge in [0.05, 0.1) is 7.11 Å². The number of methoxy groups -OCH3 is 1. The number of ether oxygens (including phenoxy) is 1. The fraction of sp³-hybridized carbons (Fsp3) is 0.611. The van der Waals surface area contributed by atoms with Crippen LogP contribution in [0, 0.1) is 5.41 Å². The van der Waals surface area contributed by atoms with Gasteiger partial charge in [0.1, 0.15) is 5.75 Å². The second-order valence-corrected chi connectivity index (χ2v) is 7.06. The smallest absolute Gasteiger partial charge is 0.194 e. The highest BCUT2D eigenvalue weighted by Crippen LogP contribution is 2.46. The zero-order chi connectivity index (χ0) is 16.4. The molecule has 0 radical (unpaired) electrons. The van der Waals surface area contributed by atoms with Crippen LogP contribution in [-0.2, 0) is 6.42 Å². The first-order chi connectivity index (χ1) is 10.3. The van der Waals surface area contributed by atoms with Crippen LogP contribution in [0.5, 0.6) is 5.75 Å². The number of hydrogen-bond acceptors (Lipinski definition) is 2. The van der Waals surface area contributed by atoms with Crippen molar-refractivity contribution in [3.63, 3.8) is 0 Å². The van der Waals surface area contributed by atoms with E-state index in [9.17, 15) is 0 Å². The van der Waals surface area contributed by atoms with E-state index in [0.29, 0.717) is 5.41 Å². The van der Waals surface area contributed by atoms with Gasteiger partial charge >= 0.3 is 0 Å². The van der Waals surface area contributed by atoms with Crippen molar-refractivity contribution in [2.45, 2.75) is 39.7 Å². The van der Waals surface area contributed by atoms with E-state index >= 15 is 0 Å². The number of hydrogen-bond donors (Lipinski definition) is 1. The molecule has 0 bridgehead atoms. The van der Waals surface area contributed by atoms with Crippen LogP contribution in [0.25, 0.3) is 0 Å². The third-order valence-electron chi connectivity index (χ3n) is 5.22. The van der Waals surface area contributed by atoms with Gasteiger partial charge in [-0.15, -0.1) is 0 Å². The monoisotopic (exact) mass is 303 g/mol. The Balaban J connectivity index is 1.94. The summed E-state index contributed by atoms with van der Waals surface area (Å²) in [6.07, 6.45) is 0.917. The maximum Gasteiger partial charge on any atom is 0.194 e. The molecular weight excluding hydrogens is 274 g/mol. The van der Waals surface area contributed by atoms with Gasteiger partial charge in [0.15, 0.2) is 5.96 Å². The molecule has 0 saturated carbocycles. The van der Waals surface area contributed by atoms with E-state index in [1.54, 1.807) is 7.11 Å². The number of guanidine groups is 1. The molecule has 0 amide bonds. The van der Waals surface area contributed by atoms with E-state index in [0.717, 1.165) is 31.2 Å². The molecule has 1 N–H and O–H groups in total. The van der Waals surface area contributed by atoms with Crippen molar-refractivity contribution in [2.24, 2.45) is 10.4 Å². The predicted octanol–water partition coefficient (Wildman–Crippen LogP) is 2.93. The molecule has 1 saturated heterocycles. The highest BCUT2D eigenvalue weighted by atomic mass is 16.5. The fourth-order valence-electron chi connectivity index (χ4n) is 2.91. The van der Waals surface area contributed by atoms with Gasteiger partial charge in [-0.2, -0.15) is 0 Å². The molecule has 1 aliphatic heterocycles. The van der Waals surface area contributed by atoms with Crippen LogP contribution in [0.1, 0.15) is 33.3 Å². The molecule has 1 aromatic carbocycles. The minimum absolute atomic E-state index is 0.124. The van der Waals surface area contributed by atoms with Crippen molar-refractivity contribution in [3.8, 4) is 5.75 Å². The van der Waals surface area contributed by atoms with Gasteiger partial charge in [-0.3, -0.25) is 4.99 Å². The lowest BCUT2D eigenvalue weighted by molar-refractivity contribution is -0.0666. The Kier molecular flexibility index (Phi) is 4.69. The molecule has 4 heteroatoms. The first-order valence-corrected chi connectivity index (χ1v) is 7.93. The van der Waals surface area contributed by atoms with E-state index in [1.807, 2.05) is 25.2 Å². The van der Waals surface area contributed by atoms with E-state index in [1.165, 1.54) is 5.56 Å². The third-order valence-corrected chi connectivity index (χ3v) is 5.22. The second kappa shape index (κ2) is 6.19. The zero-order valence-electron chi connectivity index (χ0n) is 14.7. The van der Waals surface area contributed by atoms with Crippen molar-refractivity contribution in [1.82, 2.24) is 10.2 Å². The zero-order valence-corrected chi connectivity index (χ0v) is 14.7. The quantitative estimate of drug-likeness (QED) is 0.686. The molecule has 0 atom stereocenters. The van der Waals surface area contributed by atoms with E-state index in [-0.39, 0.29) is 5.54 Å². The summed E-state index contributed by atoms with van der Waals surface area (Å²) >= 11 is 0. The van der Waals surface area contributed by atoms with E-state index < -0.39 is 0 Å². The number of para-hydroxylation sites is 1. The van der Waals surface area contributed by atoms with Crippen LogP contribution in [0.4, 0.5) is 0 Å². The largest absolute Gasteiger partial charge is 0.496 e. The Labute approximate surface area is 134 Å². The molecule has 0 aliphatic carbocycles. The molecule has 1 fully saturated rings. The maximum absolute atomic E-state index is 5.40. The minimum atomic E-state index is 0.124. The van der Waals surface area contributed by atoms with Crippen molar-refractivity contribution in [1.29, 1.82) is 0 Å². The summed E-state index contributed by atoms with van der Waals surface area (Å²) in [5.74, 6) is 1.93. The Morgan fingerprint density at radius 1 is 1.27 bits per heavy atom. The van der Waals surface area contributed by atoms with Crippen molar-refractivity contribution < 1.29 is 4.74 Å². The normalized spacial score (nSPS) is 19.5. The average molecular weight is 303 g/mol. The highest BCUT2D eigenvalue weighted by molar-refractivity contribution is 5.82. The SMILES string of the molecule is CN=C(NCCc1ccccc1OC)N1CC(C)(C)C1(C)C. The summed E-state index contributed by atoms with van der Waals surface area (Å²) in [6.45, 7) is 11.1. The first-order valence-electron chi connectivity index (χ1n) is 7.93. The van der Waals surface area contributed by atoms with Crippen LogP contribution in [0.2, 0.25) is 0 Å². The summed E-state index contributed by atoms with van der Waals surface area (Å²) in [5.41, 5.74) is 1.66. The molecule has 0 aromatic heterocycles. The Morgan fingerprint density at radius 2 is 1.95 bits per heavy atom. The molecule has 4 nitrogen and oxygen atoms in total. The summed E-state index contributed by atoms with van der Waals surface area (Å²) < 4.78 is 5.40. The summed E-state index contributed by atoms with van der Waals surface area (Å²) in [7, 11) is 3.57. The predicted molar refractivity (Wildman–Crippen MR) is 92.6 cm³/mol. The second-order valence-electron chi connectivity index (χ2n) is 7.06. The topological polar surface area (TPSA) is 36.9 Å². The van der Waals surface area contributed by atoms with Gasteiger partial charge in [0, 0.05) is 31.1 Å². The average Bonchev–Trinajstić information content (AvgIpc) is 2.50. The van der Waals surface area contributed by atoms with Gasteiger partial charge in [-0.25, -0.2) is 0 Å². The molecule has 0 spiro atoms. The van der Waals surface area contributed by atoms with E-state index in [4.69, 9.17) is 4.74 Å². The molecular formula is C18H29N3O. The number of aliphatic imine (C=N–C) groups is 1. The van der Waals surface area contributed by atoms with E-state index in [2.05, 4.69) is 49.0 Å². The van der Waals surface area contributed by atoms with Crippen molar-refractivity contribution >= 4 is 5.96 Å². The first kappa shape index (κ1) is 16.7. The number of likely N-dealkylation sites (tertiary alicyclic amines) is 1. The van der Waals surface area contributed by atoms with Crippen molar-refractivity contribution in [2.75, 3.05) is 27.2 Å². The molecule has 1 heterocycles. The summed E-state index contributed by atoms with van der Waals surface area (Å²) in [6, 6.07) is 8.16. The van der Waals surface area contributed by atoms with Gasteiger partial charge in [0.2, 0.25) is 0 Å². The number of nitrogens with one attached hydrogen (secondary N) is 1. The lowest BCUT2D eigenvalue weighted by Crippen LogP contribution is -2.72. The Morgan fingerprint density at radius 3 is 2.50 bits per heavy atom. The molecule has 1 aromatic rings. The number of rotatable bonds is 4. The third kappa shape index (κ3) is 2.92. The summed E-state index contributed by atoms with van der Waals surface area (Å²) in [5, 5.41) is 3.48. The molecule has 2 rings (SSSR count). The molecule has 1 aliphatic rings. The highest BCUT2D eigenvalue weighted by Gasteiger charge is 2.53. The number of benzene rings is 1. The van der Waals surface area contributed by atoms with Crippen LogP contribution < -0.4 is 10.1 Å². The van der Waals surface area contributed by atoms with Crippen LogP contribution in [-0.4, -0.2) is 43.6 Å². The van der Waals surface area contributed by atoms with Gasteiger partial charge in [0.25, 0.3) is 0 Å².